The van der Waals surface area contributed by atoms with Crippen LogP contribution in [-0.4, -0.2) is 37.1 Å². The molecule has 2 aromatic rings. The highest BCUT2D eigenvalue weighted by Crippen LogP contribution is 2.32. The molecule has 0 aliphatic carbocycles. The van der Waals surface area contributed by atoms with Gasteiger partial charge in [0.25, 0.3) is 0 Å². The fraction of sp³-hybridized carbons (Fsp3) is 0.333. The molecule has 0 aliphatic rings. The Kier molecular flexibility index (Phi) is 3.84. The Bertz CT molecular complexity index is 601. The minimum atomic E-state index is 0.262. The van der Waals surface area contributed by atoms with Gasteiger partial charge in [0.05, 0.1) is 10.7 Å². The van der Waals surface area contributed by atoms with E-state index in [1.807, 2.05) is 25.1 Å². The zero-order valence-corrected chi connectivity index (χ0v) is 11.7. The van der Waals surface area contributed by atoms with Gasteiger partial charge in [-0.15, -0.1) is 0 Å². The second-order valence-electron chi connectivity index (χ2n) is 4.03. The van der Waals surface area contributed by atoms with Gasteiger partial charge in [-0.2, -0.15) is 5.26 Å². The Labute approximate surface area is 113 Å². The molecule has 0 spiro atoms. The van der Waals surface area contributed by atoms with Crippen molar-refractivity contribution in [2.24, 2.45) is 0 Å². The van der Waals surface area contributed by atoms with Gasteiger partial charge < -0.3 is 14.1 Å². The van der Waals surface area contributed by atoms with Crippen molar-refractivity contribution in [2.75, 3.05) is 27.2 Å². The van der Waals surface area contributed by atoms with E-state index < -0.39 is 0 Å². The van der Waals surface area contributed by atoms with Gasteiger partial charge in [-0.25, -0.2) is 4.98 Å². The summed E-state index contributed by atoms with van der Waals surface area (Å²) in [6.45, 7) is 1.36. The molecule has 0 saturated heterocycles. The summed E-state index contributed by atoms with van der Waals surface area (Å²) in [5.41, 5.74) is 0.568. The molecule has 0 radical (unpaired) electrons. The SMILES string of the molecule is CN(C)CCOc1ncc2oc(C#N)cc2c1Br. The molecule has 18 heavy (non-hydrogen) atoms. The van der Waals surface area contributed by atoms with Gasteiger partial charge in [-0.05, 0) is 30.0 Å². The Morgan fingerprint density at radius 2 is 2.33 bits per heavy atom. The van der Waals surface area contributed by atoms with Crippen LogP contribution in [0.25, 0.3) is 11.0 Å². The van der Waals surface area contributed by atoms with Crippen LogP contribution in [0.5, 0.6) is 5.88 Å². The smallest absolute Gasteiger partial charge is 0.228 e. The zero-order valence-electron chi connectivity index (χ0n) is 10.1. The summed E-state index contributed by atoms with van der Waals surface area (Å²) >= 11 is 3.42. The Hall–Kier alpha value is -1.58. The number of nitrogens with zero attached hydrogens (tertiary/aromatic N) is 3. The highest BCUT2D eigenvalue weighted by molar-refractivity contribution is 9.10. The Balaban J connectivity index is 2.24. The third-order valence-corrected chi connectivity index (χ3v) is 3.14. The third kappa shape index (κ3) is 2.63. The second kappa shape index (κ2) is 5.38. The van der Waals surface area contributed by atoms with E-state index in [1.54, 1.807) is 12.3 Å². The molecule has 2 heterocycles. The van der Waals surface area contributed by atoms with E-state index in [2.05, 4.69) is 20.9 Å². The van der Waals surface area contributed by atoms with Gasteiger partial charge in [0.1, 0.15) is 12.7 Å². The molecule has 0 saturated carbocycles. The molecule has 0 N–H and O–H groups in total. The predicted molar refractivity (Wildman–Crippen MR) is 70.5 cm³/mol. The van der Waals surface area contributed by atoms with Gasteiger partial charge in [0.2, 0.25) is 11.6 Å². The number of hydrogen-bond acceptors (Lipinski definition) is 5. The molecule has 0 fully saturated rings. The van der Waals surface area contributed by atoms with E-state index >= 15 is 0 Å². The van der Waals surface area contributed by atoms with Crippen LogP contribution < -0.4 is 4.74 Å². The molecule has 0 amide bonds. The summed E-state index contributed by atoms with van der Waals surface area (Å²) in [6, 6.07) is 3.62. The van der Waals surface area contributed by atoms with E-state index in [-0.39, 0.29) is 5.76 Å². The van der Waals surface area contributed by atoms with E-state index in [0.717, 1.165) is 11.9 Å². The number of aromatic nitrogens is 1. The minimum Gasteiger partial charge on any atom is -0.475 e. The van der Waals surface area contributed by atoms with Crippen molar-refractivity contribution in [1.29, 1.82) is 5.26 Å². The largest absolute Gasteiger partial charge is 0.475 e. The molecule has 0 aliphatic heterocycles. The normalized spacial score (nSPS) is 10.8. The lowest BCUT2D eigenvalue weighted by Gasteiger charge is -2.11. The van der Waals surface area contributed by atoms with Gasteiger partial charge in [-0.1, -0.05) is 0 Å². The molecule has 5 nitrogen and oxygen atoms in total. The molecule has 2 rings (SSSR count). The van der Waals surface area contributed by atoms with Gasteiger partial charge in [0, 0.05) is 18.0 Å². The van der Waals surface area contributed by atoms with Crippen molar-refractivity contribution in [2.45, 2.75) is 0 Å². The van der Waals surface area contributed by atoms with Crippen LogP contribution in [0.1, 0.15) is 5.76 Å². The average molecular weight is 310 g/mol. The number of rotatable bonds is 4. The van der Waals surface area contributed by atoms with Crippen molar-refractivity contribution in [3.63, 3.8) is 0 Å². The standard InChI is InChI=1S/C12H12BrN3O2/c1-16(2)3-4-17-12-11(13)9-5-8(6-14)18-10(9)7-15-12/h5,7H,3-4H2,1-2H3. The van der Waals surface area contributed by atoms with E-state index in [4.69, 9.17) is 14.4 Å². The van der Waals surface area contributed by atoms with Crippen LogP contribution in [-0.2, 0) is 0 Å². The van der Waals surface area contributed by atoms with Crippen LogP contribution in [0.2, 0.25) is 0 Å². The summed E-state index contributed by atoms with van der Waals surface area (Å²) in [4.78, 5) is 6.19. The Morgan fingerprint density at radius 3 is 3.00 bits per heavy atom. The number of hydrogen-bond donors (Lipinski definition) is 0. The van der Waals surface area contributed by atoms with E-state index in [0.29, 0.717) is 22.5 Å². The van der Waals surface area contributed by atoms with Crippen molar-refractivity contribution in [3.8, 4) is 11.9 Å². The van der Waals surface area contributed by atoms with Crippen molar-refractivity contribution >= 4 is 26.9 Å². The average Bonchev–Trinajstić information content (AvgIpc) is 2.76. The number of nitriles is 1. The molecular weight excluding hydrogens is 298 g/mol. The first-order valence-corrected chi connectivity index (χ1v) is 6.17. The monoisotopic (exact) mass is 309 g/mol. The summed E-state index contributed by atoms with van der Waals surface area (Å²) in [5, 5.41) is 9.58. The minimum absolute atomic E-state index is 0.262. The summed E-state index contributed by atoms with van der Waals surface area (Å²) in [6.07, 6.45) is 1.56. The summed E-state index contributed by atoms with van der Waals surface area (Å²) in [7, 11) is 3.95. The second-order valence-corrected chi connectivity index (χ2v) is 4.82. The highest BCUT2D eigenvalue weighted by atomic mass is 79.9. The number of likely N-dealkylation sites (N-methyl/N-ethyl adjacent to an activating group) is 1. The molecule has 0 unspecified atom stereocenters. The predicted octanol–water partition coefficient (Wildman–Crippen LogP) is 2.40. The van der Waals surface area contributed by atoms with E-state index in [1.165, 1.54) is 0 Å². The molecule has 6 heteroatoms. The fourth-order valence-corrected chi connectivity index (χ4v) is 1.97. The van der Waals surface area contributed by atoms with Crippen LogP contribution in [0.15, 0.2) is 21.2 Å². The number of pyridine rings is 1. The van der Waals surface area contributed by atoms with Gasteiger partial charge in [0.15, 0.2) is 5.58 Å². The molecule has 2 aromatic heterocycles. The number of furan rings is 1. The first kappa shape index (κ1) is 12.9. The van der Waals surface area contributed by atoms with E-state index in [9.17, 15) is 0 Å². The van der Waals surface area contributed by atoms with Gasteiger partial charge in [-0.3, -0.25) is 0 Å². The Morgan fingerprint density at radius 1 is 1.56 bits per heavy atom. The molecular formula is C12H12BrN3O2. The molecule has 0 bridgehead atoms. The number of fused-ring (bicyclic) bond motifs is 1. The van der Waals surface area contributed by atoms with Crippen LogP contribution in [0, 0.1) is 11.3 Å². The van der Waals surface area contributed by atoms with Gasteiger partial charge >= 0.3 is 0 Å². The first-order chi connectivity index (χ1) is 8.61. The van der Waals surface area contributed by atoms with Crippen LogP contribution in [0.4, 0.5) is 0 Å². The maximum absolute atomic E-state index is 8.79. The molecule has 0 atom stereocenters. The lowest BCUT2D eigenvalue weighted by Crippen LogP contribution is -2.19. The number of halogens is 1. The van der Waals surface area contributed by atoms with Crippen LogP contribution in [0.3, 0.4) is 0 Å². The first-order valence-electron chi connectivity index (χ1n) is 5.37. The highest BCUT2D eigenvalue weighted by Gasteiger charge is 2.12. The summed E-state index contributed by atoms with van der Waals surface area (Å²) in [5.74, 6) is 0.771. The zero-order chi connectivity index (χ0) is 13.1. The van der Waals surface area contributed by atoms with Crippen molar-refractivity contribution < 1.29 is 9.15 Å². The fourth-order valence-electron chi connectivity index (χ4n) is 1.44. The van der Waals surface area contributed by atoms with Crippen LogP contribution >= 0.6 is 15.9 Å². The molecule has 94 valence electrons. The van der Waals surface area contributed by atoms with Crippen molar-refractivity contribution in [3.05, 3.63) is 22.5 Å². The topological polar surface area (TPSA) is 62.3 Å². The molecule has 0 aromatic carbocycles. The maximum atomic E-state index is 8.79. The maximum Gasteiger partial charge on any atom is 0.228 e. The lowest BCUT2D eigenvalue weighted by atomic mass is 10.3. The summed E-state index contributed by atoms with van der Waals surface area (Å²) < 4.78 is 11.6. The van der Waals surface area contributed by atoms with Crippen molar-refractivity contribution in [1.82, 2.24) is 9.88 Å². The number of ether oxygens (including phenoxy) is 1. The quantitative estimate of drug-likeness (QED) is 0.868. The lowest BCUT2D eigenvalue weighted by molar-refractivity contribution is 0.253. The third-order valence-electron chi connectivity index (χ3n) is 2.37.